The predicted octanol–water partition coefficient (Wildman–Crippen LogP) is 2.22. The van der Waals surface area contributed by atoms with Crippen molar-refractivity contribution in [2.75, 3.05) is 25.5 Å². The van der Waals surface area contributed by atoms with Gasteiger partial charge in [0.15, 0.2) is 0 Å². The maximum absolute atomic E-state index is 4.79. The van der Waals surface area contributed by atoms with Gasteiger partial charge in [-0.2, -0.15) is 0 Å². The van der Waals surface area contributed by atoms with Gasteiger partial charge in [0.2, 0.25) is 0 Å². The summed E-state index contributed by atoms with van der Waals surface area (Å²) in [6.07, 6.45) is 2.77. The third kappa shape index (κ3) is 3.71. The maximum atomic E-state index is 4.79. The molecule has 0 atom stereocenters. The van der Waals surface area contributed by atoms with Crippen LogP contribution < -0.4 is 10.6 Å². The van der Waals surface area contributed by atoms with E-state index in [4.69, 9.17) is 9.97 Å². The molecule has 0 amide bonds. The minimum absolute atomic E-state index is 0. The highest BCUT2D eigenvalue weighted by Gasteiger charge is 2.15. The predicted molar refractivity (Wildman–Crippen MR) is 88.4 cm³/mol. The molecule has 4 nitrogen and oxygen atoms in total. The number of benzene rings is 1. The topological polar surface area (TPSA) is 49.8 Å². The molecule has 0 spiro atoms. The van der Waals surface area contributed by atoms with Crippen molar-refractivity contribution in [3.8, 4) is 0 Å². The Bertz CT molecular complexity index is 586. The molecule has 2 aromatic rings. The Morgan fingerprint density at radius 1 is 1.10 bits per heavy atom. The fraction of sp³-hybridized carbons (Fsp3) is 0.375. The molecule has 0 unspecified atom stereocenters. The van der Waals surface area contributed by atoms with Crippen molar-refractivity contribution >= 4 is 18.2 Å². The Kier molecular flexibility index (Phi) is 5.53. The van der Waals surface area contributed by atoms with E-state index in [-0.39, 0.29) is 12.4 Å². The van der Waals surface area contributed by atoms with Crippen LogP contribution >= 0.6 is 12.4 Å². The smallest absolute Gasteiger partial charge is 0.135 e. The van der Waals surface area contributed by atoms with Crippen molar-refractivity contribution < 1.29 is 0 Å². The third-order valence-electron chi connectivity index (χ3n) is 3.67. The first-order valence-electron chi connectivity index (χ1n) is 7.18. The van der Waals surface area contributed by atoms with Crippen LogP contribution in [0.5, 0.6) is 0 Å². The molecule has 1 aromatic heterocycles. The number of nitrogens with one attached hydrogen (secondary N) is 2. The molecule has 21 heavy (non-hydrogen) atoms. The lowest BCUT2D eigenvalue weighted by molar-refractivity contribution is 0.708. The molecule has 0 radical (unpaired) electrons. The molecule has 3 rings (SSSR count). The number of fused-ring (bicyclic) bond motifs is 1. The highest BCUT2D eigenvalue weighted by Crippen LogP contribution is 2.20. The monoisotopic (exact) mass is 304 g/mol. The maximum Gasteiger partial charge on any atom is 0.135 e. The minimum Gasteiger partial charge on any atom is -0.373 e. The molecule has 1 aliphatic rings. The van der Waals surface area contributed by atoms with E-state index in [1.807, 2.05) is 13.1 Å². The highest BCUT2D eigenvalue weighted by atomic mass is 35.5. The molecule has 5 heteroatoms. The first-order valence-corrected chi connectivity index (χ1v) is 7.18. The number of rotatable bonds is 3. The molecular formula is C16H21ClN4. The van der Waals surface area contributed by atoms with Gasteiger partial charge in [-0.15, -0.1) is 12.4 Å². The van der Waals surface area contributed by atoms with Gasteiger partial charge in [0, 0.05) is 32.0 Å². The molecule has 0 fully saturated rings. The van der Waals surface area contributed by atoms with E-state index in [1.165, 1.54) is 16.8 Å². The summed E-state index contributed by atoms with van der Waals surface area (Å²) in [5, 5.41) is 6.65. The van der Waals surface area contributed by atoms with E-state index in [9.17, 15) is 0 Å². The quantitative estimate of drug-likeness (QED) is 0.913. The van der Waals surface area contributed by atoms with Crippen molar-refractivity contribution in [1.29, 1.82) is 0 Å². The van der Waals surface area contributed by atoms with E-state index in [0.717, 1.165) is 44.0 Å². The Morgan fingerprint density at radius 2 is 1.86 bits per heavy atom. The summed E-state index contributed by atoms with van der Waals surface area (Å²) >= 11 is 0. The Balaban J connectivity index is 0.00000161. The van der Waals surface area contributed by atoms with Crippen molar-refractivity contribution in [3.63, 3.8) is 0 Å². The van der Waals surface area contributed by atoms with E-state index in [1.54, 1.807) is 0 Å². The minimum atomic E-state index is 0. The van der Waals surface area contributed by atoms with Gasteiger partial charge < -0.3 is 10.6 Å². The lowest BCUT2D eigenvalue weighted by Gasteiger charge is -2.12. The first kappa shape index (κ1) is 15.7. The number of halogens is 1. The number of hydrogen-bond acceptors (Lipinski definition) is 4. The normalized spacial score (nSPS) is 13.8. The molecule has 0 saturated heterocycles. The molecule has 112 valence electrons. The summed E-state index contributed by atoms with van der Waals surface area (Å²) in [6, 6.07) is 10.4. The van der Waals surface area contributed by atoms with Gasteiger partial charge in [-0.3, -0.25) is 0 Å². The average Bonchev–Trinajstić information content (AvgIpc) is 2.73. The fourth-order valence-corrected chi connectivity index (χ4v) is 2.66. The average molecular weight is 305 g/mol. The molecule has 0 bridgehead atoms. The standard InChI is InChI=1S/C16H20N4.ClH/c1-17-16-13-7-9-18-10-8-14(13)19-15(20-16)11-12-5-3-2-4-6-12;/h2-6,18H,7-11H2,1H3,(H,17,19,20);1H. The largest absolute Gasteiger partial charge is 0.373 e. The molecule has 1 aliphatic heterocycles. The summed E-state index contributed by atoms with van der Waals surface area (Å²) in [5.74, 6) is 1.89. The van der Waals surface area contributed by atoms with E-state index in [0.29, 0.717) is 0 Å². The van der Waals surface area contributed by atoms with Crippen molar-refractivity contribution in [1.82, 2.24) is 15.3 Å². The van der Waals surface area contributed by atoms with Crippen LogP contribution in [0, 0.1) is 0 Å². The van der Waals surface area contributed by atoms with Gasteiger partial charge in [-0.1, -0.05) is 30.3 Å². The molecule has 0 saturated carbocycles. The number of aromatic nitrogens is 2. The number of nitrogens with zero attached hydrogens (tertiary/aromatic N) is 2. The highest BCUT2D eigenvalue weighted by molar-refractivity contribution is 5.85. The van der Waals surface area contributed by atoms with Gasteiger partial charge in [-0.05, 0) is 18.5 Å². The molecule has 0 aliphatic carbocycles. The lowest BCUT2D eigenvalue weighted by Crippen LogP contribution is -2.16. The Hall–Kier alpha value is -1.65. The van der Waals surface area contributed by atoms with Crippen LogP contribution in [0.2, 0.25) is 0 Å². The van der Waals surface area contributed by atoms with E-state index >= 15 is 0 Å². The van der Waals surface area contributed by atoms with Gasteiger partial charge in [0.05, 0.1) is 5.69 Å². The summed E-state index contributed by atoms with van der Waals surface area (Å²) in [5.41, 5.74) is 3.72. The Morgan fingerprint density at radius 3 is 2.62 bits per heavy atom. The molecular weight excluding hydrogens is 284 g/mol. The SMILES string of the molecule is CNc1nc(Cc2ccccc2)nc2c1CCNCC2.Cl. The molecule has 2 heterocycles. The van der Waals surface area contributed by atoms with Crippen molar-refractivity contribution in [2.45, 2.75) is 19.3 Å². The fourth-order valence-electron chi connectivity index (χ4n) is 2.66. The van der Waals surface area contributed by atoms with E-state index in [2.05, 4.69) is 34.9 Å². The second kappa shape index (κ2) is 7.38. The second-order valence-electron chi connectivity index (χ2n) is 5.08. The summed E-state index contributed by atoms with van der Waals surface area (Å²) in [7, 11) is 1.94. The second-order valence-corrected chi connectivity index (χ2v) is 5.08. The van der Waals surface area contributed by atoms with Gasteiger partial charge in [0.25, 0.3) is 0 Å². The molecule has 1 aromatic carbocycles. The van der Waals surface area contributed by atoms with Gasteiger partial charge >= 0.3 is 0 Å². The zero-order valence-corrected chi connectivity index (χ0v) is 13.0. The number of anilines is 1. The summed E-state index contributed by atoms with van der Waals surface area (Å²) < 4.78 is 0. The molecule has 2 N–H and O–H groups in total. The number of hydrogen-bond donors (Lipinski definition) is 2. The van der Waals surface area contributed by atoms with Crippen LogP contribution in [0.1, 0.15) is 22.6 Å². The van der Waals surface area contributed by atoms with E-state index < -0.39 is 0 Å². The lowest BCUT2D eigenvalue weighted by atomic mass is 10.1. The summed E-state index contributed by atoms with van der Waals surface area (Å²) in [4.78, 5) is 9.48. The first-order chi connectivity index (χ1) is 9.86. The summed E-state index contributed by atoms with van der Waals surface area (Å²) in [6.45, 7) is 2.00. The van der Waals surface area contributed by atoms with Crippen molar-refractivity contribution in [3.05, 3.63) is 53.0 Å². The van der Waals surface area contributed by atoms with Crippen LogP contribution in [-0.4, -0.2) is 30.1 Å². The van der Waals surface area contributed by atoms with Crippen molar-refractivity contribution in [2.24, 2.45) is 0 Å². The van der Waals surface area contributed by atoms with Crippen LogP contribution in [0.15, 0.2) is 30.3 Å². The van der Waals surface area contributed by atoms with Crippen LogP contribution in [-0.2, 0) is 19.3 Å². The zero-order valence-electron chi connectivity index (χ0n) is 12.2. The van der Waals surface area contributed by atoms with Crippen LogP contribution in [0.4, 0.5) is 5.82 Å². The van der Waals surface area contributed by atoms with Crippen LogP contribution in [0.3, 0.4) is 0 Å². The third-order valence-corrected chi connectivity index (χ3v) is 3.67. The Labute approximate surface area is 131 Å². The van der Waals surface area contributed by atoms with Crippen LogP contribution in [0.25, 0.3) is 0 Å². The zero-order chi connectivity index (χ0) is 13.8. The van der Waals surface area contributed by atoms with Gasteiger partial charge in [-0.25, -0.2) is 9.97 Å². The van der Waals surface area contributed by atoms with Gasteiger partial charge in [0.1, 0.15) is 11.6 Å².